The third-order valence-electron chi connectivity index (χ3n) is 9.27. The number of rotatable bonds is 15. The van der Waals surface area contributed by atoms with E-state index in [4.69, 9.17) is 4.74 Å². The fourth-order valence-corrected chi connectivity index (χ4v) is 6.60. The Morgan fingerprint density at radius 2 is 1.58 bits per heavy atom. The number of carbonyl (C=O) groups is 5. The summed E-state index contributed by atoms with van der Waals surface area (Å²) >= 11 is 0. The van der Waals surface area contributed by atoms with Gasteiger partial charge in [0.1, 0.15) is 29.8 Å². The van der Waals surface area contributed by atoms with Gasteiger partial charge in [-0.05, 0) is 48.6 Å². The standard InChI is InChI=1S/C35H50F4N4O7/c1-19(2)18-50-35(48)42-30(20(3)4)33(46)43-17-23(21-9-7-6-8-10-21)15-28(43)32(45)41-27(16-29(38)39)31(44)40-12-11-24-25(36)13-22(14-26(24)37)34(47)49-5/h13-14,19-21,23,27-30H,6-12,15-18H2,1-5H3,(H,40,44)(H,41,45)(H,42,48)/t23-,27+,28+,30+/m1/s1. The van der Waals surface area contributed by atoms with E-state index >= 15 is 0 Å². The Hall–Kier alpha value is -3.91. The molecule has 1 saturated heterocycles. The Labute approximate surface area is 290 Å². The molecule has 3 N–H and O–H groups in total. The molecule has 0 bridgehead atoms. The summed E-state index contributed by atoms with van der Waals surface area (Å²) in [6.07, 6.45) is 0.0553. The zero-order valence-electron chi connectivity index (χ0n) is 29.4. The van der Waals surface area contributed by atoms with Crippen LogP contribution < -0.4 is 16.0 Å². The first-order valence-corrected chi connectivity index (χ1v) is 17.3. The summed E-state index contributed by atoms with van der Waals surface area (Å²) in [7, 11) is 1.06. The number of methoxy groups -OCH3 is 1. The number of nitrogens with zero attached hydrogens (tertiary/aromatic N) is 1. The predicted molar refractivity (Wildman–Crippen MR) is 175 cm³/mol. The van der Waals surface area contributed by atoms with Crippen molar-refractivity contribution in [3.63, 3.8) is 0 Å². The van der Waals surface area contributed by atoms with Gasteiger partial charge in [-0.3, -0.25) is 14.4 Å². The van der Waals surface area contributed by atoms with Gasteiger partial charge in [0.15, 0.2) is 0 Å². The van der Waals surface area contributed by atoms with Crippen molar-refractivity contribution >= 4 is 29.8 Å². The number of halogens is 4. The van der Waals surface area contributed by atoms with Gasteiger partial charge in [0.05, 0.1) is 19.3 Å². The molecule has 1 aromatic carbocycles. The van der Waals surface area contributed by atoms with Crippen molar-refractivity contribution in [1.29, 1.82) is 0 Å². The lowest BCUT2D eigenvalue weighted by atomic mass is 9.79. The van der Waals surface area contributed by atoms with E-state index in [1.54, 1.807) is 13.8 Å². The van der Waals surface area contributed by atoms with Crippen LogP contribution in [0, 0.1) is 35.3 Å². The van der Waals surface area contributed by atoms with Crippen LogP contribution in [0.4, 0.5) is 22.4 Å². The van der Waals surface area contributed by atoms with E-state index in [0.29, 0.717) is 0 Å². The number of ether oxygens (including phenoxy) is 2. The highest BCUT2D eigenvalue weighted by molar-refractivity contribution is 5.94. The molecular formula is C35H50F4N4O7. The summed E-state index contributed by atoms with van der Waals surface area (Å²) in [6, 6.07) is -2.26. The molecule has 1 heterocycles. The first-order valence-electron chi connectivity index (χ1n) is 17.3. The summed E-state index contributed by atoms with van der Waals surface area (Å²) in [6.45, 7) is 7.21. The topological polar surface area (TPSA) is 143 Å². The minimum atomic E-state index is -2.99. The smallest absolute Gasteiger partial charge is 0.407 e. The van der Waals surface area contributed by atoms with Crippen LogP contribution in [0.5, 0.6) is 0 Å². The molecule has 1 aromatic rings. The van der Waals surface area contributed by atoms with Gasteiger partial charge in [0.2, 0.25) is 24.1 Å². The molecule has 0 unspecified atom stereocenters. The highest BCUT2D eigenvalue weighted by atomic mass is 19.3. The Morgan fingerprint density at radius 3 is 2.14 bits per heavy atom. The maximum absolute atomic E-state index is 14.5. The molecule has 1 aliphatic carbocycles. The average molecular weight is 715 g/mol. The number of carbonyl (C=O) groups excluding carboxylic acids is 5. The van der Waals surface area contributed by atoms with Gasteiger partial charge in [-0.15, -0.1) is 0 Å². The Kier molecular flexibility index (Phi) is 15.3. The number of alkyl carbamates (subject to hydrolysis) is 1. The molecule has 0 spiro atoms. The van der Waals surface area contributed by atoms with Crippen LogP contribution in [0.15, 0.2) is 12.1 Å². The van der Waals surface area contributed by atoms with Crippen LogP contribution in [-0.2, 0) is 30.3 Å². The monoisotopic (exact) mass is 714 g/mol. The maximum Gasteiger partial charge on any atom is 0.407 e. The van der Waals surface area contributed by atoms with Gasteiger partial charge >= 0.3 is 12.1 Å². The summed E-state index contributed by atoms with van der Waals surface area (Å²) in [5.74, 6) is -5.48. The van der Waals surface area contributed by atoms with Crippen LogP contribution in [0.3, 0.4) is 0 Å². The van der Waals surface area contributed by atoms with Gasteiger partial charge < -0.3 is 30.3 Å². The van der Waals surface area contributed by atoms with E-state index < -0.39 is 78.0 Å². The number of alkyl halides is 2. The molecule has 11 nitrogen and oxygen atoms in total. The SMILES string of the molecule is COC(=O)c1cc(F)c(CCNC(=O)[C@H](CC(F)F)NC(=O)[C@@H]2C[C@@H](C3CCCCC3)CN2C(=O)[C@@H](NC(=O)OCC(C)C)C(C)C)c(F)c1. The molecule has 1 saturated carbocycles. The maximum atomic E-state index is 14.5. The summed E-state index contributed by atoms with van der Waals surface area (Å²) in [4.78, 5) is 66.4. The van der Waals surface area contributed by atoms with Crippen molar-refractivity contribution in [3.8, 4) is 0 Å². The Morgan fingerprint density at radius 1 is 0.940 bits per heavy atom. The molecule has 0 radical (unpaired) electrons. The lowest BCUT2D eigenvalue weighted by Gasteiger charge is -2.31. The third-order valence-corrected chi connectivity index (χ3v) is 9.27. The molecule has 2 fully saturated rings. The van der Waals surface area contributed by atoms with E-state index in [1.807, 2.05) is 13.8 Å². The number of nitrogens with one attached hydrogen (secondary N) is 3. The average Bonchev–Trinajstić information content (AvgIpc) is 3.52. The highest BCUT2D eigenvalue weighted by Crippen LogP contribution is 2.38. The van der Waals surface area contributed by atoms with E-state index in [2.05, 4.69) is 20.7 Å². The van der Waals surface area contributed by atoms with Gasteiger partial charge in [0.25, 0.3) is 0 Å². The Balaban J connectivity index is 1.76. The number of esters is 1. The second kappa shape index (κ2) is 18.9. The molecule has 280 valence electrons. The molecule has 50 heavy (non-hydrogen) atoms. The van der Waals surface area contributed by atoms with Crippen LogP contribution in [0.2, 0.25) is 0 Å². The van der Waals surface area contributed by atoms with Crippen LogP contribution in [0.1, 0.15) is 88.6 Å². The zero-order chi connectivity index (χ0) is 37.1. The van der Waals surface area contributed by atoms with Gasteiger partial charge in [-0.2, -0.15) is 0 Å². The minimum Gasteiger partial charge on any atom is -0.465 e. The normalized spacial score (nSPS) is 19.3. The lowest BCUT2D eigenvalue weighted by molar-refractivity contribution is -0.141. The lowest BCUT2D eigenvalue weighted by Crippen LogP contribution is -2.57. The fraction of sp³-hybridized carbons (Fsp3) is 0.686. The number of hydrogen-bond acceptors (Lipinski definition) is 7. The molecule has 15 heteroatoms. The quantitative estimate of drug-likeness (QED) is 0.176. The van der Waals surface area contributed by atoms with Crippen molar-refractivity contribution in [2.45, 2.75) is 104 Å². The summed E-state index contributed by atoms with van der Waals surface area (Å²) < 4.78 is 66.1. The number of likely N-dealkylation sites (tertiary alicyclic amines) is 1. The number of amides is 4. The van der Waals surface area contributed by atoms with Crippen LogP contribution in [-0.4, -0.2) is 86.0 Å². The zero-order valence-corrected chi connectivity index (χ0v) is 29.4. The first kappa shape index (κ1) is 40.5. The molecule has 1 aliphatic heterocycles. The summed E-state index contributed by atoms with van der Waals surface area (Å²) in [5.41, 5.74) is -0.788. The summed E-state index contributed by atoms with van der Waals surface area (Å²) in [5, 5.41) is 7.37. The van der Waals surface area contributed by atoms with Crippen LogP contribution in [0.25, 0.3) is 0 Å². The number of benzene rings is 1. The van der Waals surface area contributed by atoms with Crippen molar-refractivity contribution in [1.82, 2.24) is 20.9 Å². The number of hydrogen-bond donors (Lipinski definition) is 3. The largest absolute Gasteiger partial charge is 0.465 e. The molecule has 0 aromatic heterocycles. The highest BCUT2D eigenvalue weighted by Gasteiger charge is 2.45. The van der Waals surface area contributed by atoms with E-state index in [0.717, 1.165) is 51.3 Å². The van der Waals surface area contributed by atoms with E-state index in [9.17, 15) is 41.5 Å². The molecule has 4 atom stereocenters. The van der Waals surface area contributed by atoms with Crippen molar-refractivity contribution < 1.29 is 51.0 Å². The van der Waals surface area contributed by atoms with Crippen molar-refractivity contribution in [2.75, 3.05) is 26.8 Å². The van der Waals surface area contributed by atoms with Gasteiger partial charge in [-0.25, -0.2) is 27.2 Å². The molecule has 4 amide bonds. The van der Waals surface area contributed by atoms with Crippen molar-refractivity contribution in [2.24, 2.45) is 23.7 Å². The Bertz CT molecular complexity index is 1330. The third kappa shape index (κ3) is 11.3. The van der Waals surface area contributed by atoms with Gasteiger partial charge in [0, 0.05) is 25.1 Å². The van der Waals surface area contributed by atoms with E-state index in [-0.39, 0.29) is 61.8 Å². The first-order chi connectivity index (χ1) is 23.6. The van der Waals surface area contributed by atoms with Crippen molar-refractivity contribution in [3.05, 3.63) is 34.9 Å². The second-order valence-corrected chi connectivity index (χ2v) is 13.9. The van der Waals surface area contributed by atoms with E-state index in [1.165, 1.54) is 4.90 Å². The predicted octanol–water partition coefficient (Wildman–Crippen LogP) is 4.75. The molecule has 2 aliphatic rings. The second-order valence-electron chi connectivity index (χ2n) is 13.9. The minimum absolute atomic E-state index is 0.0477. The van der Waals surface area contributed by atoms with Crippen LogP contribution >= 0.6 is 0 Å². The van der Waals surface area contributed by atoms with Gasteiger partial charge in [-0.1, -0.05) is 59.8 Å². The molecular weight excluding hydrogens is 664 g/mol. The molecule has 3 rings (SSSR count). The fourth-order valence-electron chi connectivity index (χ4n) is 6.60.